The van der Waals surface area contributed by atoms with Crippen molar-refractivity contribution in [1.82, 2.24) is 0 Å². The summed E-state index contributed by atoms with van der Waals surface area (Å²) in [4.78, 5) is 2.75. The van der Waals surface area contributed by atoms with E-state index in [0.717, 1.165) is 0 Å². The molecule has 0 saturated carbocycles. The Labute approximate surface area is 132 Å². The van der Waals surface area contributed by atoms with Gasteiger partial charge >= 0.3 is 18.9 Å². The van der Waals surface area contributed by atoms with Gasteiger partial charge in [-0.05, 0) is 14.4 Å². The van der Waals surface area contributed by atoms with Gasteiger partial charge in [0, 0.05) is 0 Å². The molecular formula is C14H19LiS2Si. The van der Waals surface area contributed by atoms with Crippen molar-refractivity contribution < 1.29 is 18.9 Å². The molecule has 0 bridgehead atoms. The van der Waals surface area contributed by atoms with E-state index in [-0.39, 0.29) is 18.9 Å². The Morgan fingerprint density at radius 2 is 1.72 bits per heavy atom. The molecular weight excluding hydrogens is 267 g/mol. The predicted octanol–water partition coefficient (Wildman–Crippen LogP) is 2.00. The smallest absolute Gasteiger partial charge is 0.295 e. The number of hydrogen-bond acceptors (Lipinski definition) is 2. The second-order valence-corrected chi connectivity index (χ2v) is 13.6. The molecule has 18 heavy (non-hydrogen) atoms. The van der Waals surface area contributed by atoms with Gasteiger partial charge in [0.2, 0.25) is 0 Å². The minimum atomic E-state index is -1.36. The molecule has 0 spiro atoms. The van der Waals surface area contributed by atoms with Crippen LogP contribution in [0.15, 0.2) is 24.3 Å². The van der Waals surface area contributed by atoms with Crippen LogP contribution in [0.25, 0.3) is 9.75 Å². The molecule has 2 rings (SSSR count). The van der Waals surface area contributed by atoms with Crippen LogP contribution in [-0.2, 0) is 0 Å². The number of hydrogen-bond donors (Lipinski definition) is 0. The van der Waals surface area contributed by atoms with E-state index in [1.807, 2.05) is 17.4 Å². The van der Waals surface area contributed by atoms with Gasteiger partial charge < -0.3 is 0 Å². The van der Waals surface area contributed by atoms with Crippen molar-refractivity contribution in [1.29, 1.82) is 0 Å². The molecule has 2 aromatic rings. The van der Waals surface area contributed by atoms with Crippen LogP contribution in [0.2, 0.25) is 18.1 Å². The van der Waals surface area contributed by atoms with Crippen LogP contribution in [0, 0.1) is 5.38 Å². The third kappa shape index (κ3) is 3.03. The molecule has 2 heterocycles. The molecule has 0 fully saturated rings. The Hall–Kier alpha value is 0.214. The van der Waals surface area contributed by atoms with Gasteiger partial charge in [0.05, 0.1) is 8.07 Å². The SMILES string of the molecule is CC(C)(C)[Si](C)(C)c1ccc(-c2cc[c-]s2)s1.[Li+]. The topological polar surface area (TPSA) is 0 Å². The van der Waals surface area contributed by atoms with E-state index in [4.69, 9.17) is 0 Å². The summed E-state index contributed by atoms with van der Waals surface area (Å²) >= 11 is 3.68. The summed E-state index contributed by atoms with van der Waals surface area (Å²) in [6.45, 7) is 12.1. The average Bonchev–Trinajstić information content (AvgIpc) is 2.87. The van der Waals surface area contributed by atoms with Gasteiger partial charge in [-0.25, -0.2) is 0 Å². The van der Waals surface area contributed by atoms with E-state index in [1.165, 1.54) is 9.75 Å². The quantitative estimate of drug-likeness (QED) is 0.585. The fourth-order valence-corrected chi connectivity index (χ4v) is 6.55. The van der Waals surface area contributed by atoms with E-state index in [9.17, 15) is 0 Å². The first-order valence-electron chi connectivity index (χ1n) is 5.89. The molecule has 0 aliphatic rings. The average molecular weight is 286 g/mol. The van der Waals surface area contributed by atoms with Crippen molar-refractivity contribution in [2.24, 2.45) is 0 Å². The Morgan fingerprint density at radius 1 is 1.06 bits per heavy atom. The van der Waals surface area contributed by atoms with Crippen molar-refractivity contribution in [3.05, 3.63) is 29.6 Å². The van der Waals surface area contributed by atoms with Crippen LogP contribution in [0.3, 0.4) is 0 Å². The first-order chi connectivity index (χ1) is 7.82. The summed E-state index contributed by atoms with van der Waals surface area (Å²) in [7, 11) is -1.36. The zero-order valence-electron chi connectivity index (χ0n) is 12.1. The summed E-state index contributed by atoms with van der Waals surface area (Å²) < 4.78 is 1.61. The molecule has 0 saturated heterocycles. The van der Waals surface area contributed by atoms with Crippen LogP contribution in [0.1, 0.15) is 20.8 Å². The number of rotatable bonds is 2. The predicted molar refractivity (Wildman–Crippen MR) is 83.3 cm³/mol. The summed E-state index contributed by atoms with van der Waals surface area (Å²) in [5.41, 5.74) is 0. The van der Waals surface area contributed by atoms with Crippen molar-refractivity contribution in [3.8, 4) is 9.75 Å². The minimum Gasteiger partial charge on any atom is -0.295 e. The van der Waals surface area contributed by atoms with Crippen molar-refractivity contribution in [3.63, 3.8) is 0 Å². The molecule has 0 aliphatic heterocycles. The summed E-state index contributed by atoms with van der Waals surface area (Å²) in [6, 6.07) is 8.79. The summed E-state index contributed by atoms with van der Waals surface area (Å²) in [6.07, 6.45) is 0. The van der Waals surface area contributed by atoms with E-state index >= 15 is 0 Å². The first-order valence-corrected chi connectivity index (χ1v) is 10.5. The van der Waals surface area contributed by atoms with Crippen molar-refractivity contribution in [2.45, 2.75) is 38.9 Å². The Bertz CT molecular complexity index is 492. The fourth-order valence-electron chi connectivity index (χ4n) is 1.55. The normalized spacial score (nSPS) is 12.3. The number of thiophene rings is 2. The van der Waals surface area contributed by atoms with Crippen LogP contribution in [-0.4, -0.2) is 8.07 Å². The van der Waals surface area contributed by atoms with E-state index in [0.29, 0.717) is 5.04 Å². The van der Waals surface area contributed by atoms with E-state index in [1.54, 1.807) is 15.8 Å². The molecule has 0 radical (unpaired) electrons. The summed E-state index contributed by atoms with van der Waals surface area (Å²) in [5, 5.41) is 3.58. The molecule has 92 valence electrons. The Balaban J connectivity index is 0.00000162. The fraction of sp³-hybridized carbons (Fsp3) is 0.429. The van der Waals surface area contributed by atoms with Crippen LogP contribution in [0.4, 0.5) is 0 Å². The van der Waals surface area contributed by atoms with Gasteiger partial charge in [0.25, 0.3) is 0 Å². The van der Waals surface area contributed by atoms with Gasteiger partial charge in [-0.3, -0.25) is 11.3 Å². The third-order valence-corrected chi connectivity index (χ3v) is 12.7. The molecule has 4 heteroatoms. The summed E-state index contributed by atoms with van der Waals surface area (Å²) in [5.74, 6) is 0. The maximum atomic E-state index is 3.17. The Kier molecular flexibility index (Phi) is 5.14. The van der Waals surface area contributed by atoms with Crippen molar-refractivity contribution in [2.75, 3.05) is 0 Å². The molecule has 0 atom stereocenters. The molecule has 2 aromatic heterocycles. The van der Waals surface area contributed by atoms with Gasteiger partial charge in [0.1, 0.15) is 0 Å². The molecule has 0 amide bonds. The largest absolute Gasteiger partial charge is 1.00 e. The zero-order valence-corrected chi connectivity index (χ0v) is 14.8. The second-order valence-electron chi connectivity index (χ2n) is 5.96. The van der Waals surface area contributed by atoms with Gasteiger partial charge in [-0.15, -0.1) is 10.3 Å². The van der Waals surface area contributed by atoms with E-state index in [2.05, 4.69) is 57.4 Å². The van der Waals surface area contributed by atoms with Gasteiger partial charge in [0.15, 0.2) is 0 Å². The maximum absolute atomic E-state index is 3.17. The molecule has 0 unspecified atom stereocenters. The van der Waals surface area contributed by atoms with Crippen LogP contribution >= 0.6 is 22.7 Å². The van der Waals surface area contributed by atoms with Crippen molar-refractivity contribution >= 4 is 35.2 Å². The molecule has 0 nitrogen and oxygen atoms in total. The van der Waals surface area contributed by atoms with E-state index < -0.39 is 8.07 Å². The van der Waals surface area contributed by atoms with Gasteiger partial charge in [-0.1, -0.05) is 46.0 Å². The van der Waals surface area contributed by atoms with Gasteiger partial charge in [-0.2, -0.15) is 23.5 Å². The zero-order chi connectivity index (χ0) is 12.7. The first kappa shape index (κ1) is 16.3. The molecule has 0 aliphatic carbocycles. The van der Waals surface area contributed by atoms with Crippen LogP contribution < -0.4 is 23.4 Å². The standard InChI is InChI=1S/C14H19S2Si.Li/c1-14(2,3)17(4,5)13-9-8-12(16-13)11-7-6-10-15-11;/h6-9H,1-5H3;/q-1;+1. The maximum Gasteiger partial charge on any atom is 1.00 e. The second kappa shape index (κ2) is 5.69. The minimum absolute atomic E-state index is 0. The van der Waals surface area contributed by atoms with Crippen LogP contribution in [0.5, 0.6) is 0 Å². The molecule has 0 aromatic carbocycles. The third-order valence-electron chi connectivity index (χ3n) is 3.81. The monoisotopic (exact) mass is 286 g/mol. The Morgan fingerprint density at radius 3 is 2.22 bits per heavy atom. The molecule has 0 N–H and O–H groups in total.